The fourth-order valence-corrected chi connectivity index (χ4v) is 7.80. The van der Waals surface area contributed by atoms with Gasteiger partial charge in [-0.15, -0.1) is 0 Å². The number of hydrogen-bond donors (Lipinski definition) is 0. The van der Waals surface area contributed by atoms with E-state index in [1.807, 2.05) is 0 Å². The van der Waals surface area contributed by atoms with Crippen LogP contribution in [0.3, 0.4) is 0 Å². The summed E-state index contributed by atoms with van der Waals surface area (Å²) in [5, 5.41) is 3.76. The fourth-order valence-electron chi connectivity index (χ4n) is 5.05. The number of aryl methyl sites for hydroxylation is 3. The van der Waals surface area contributed by atoms with Crippen LogP contribution in [-0.4, -0.2) is 73.6 Å². The molecule has 0 atom stereocenters. The van der Waals surface area contributed by atoms with Crippen LogP contribution < -0.4 is 0 Å². The van der Waals surface area contributed by atoms with Gasteiger partial charge in [0.05, 0.1) is 14.7 Å². The molecular weight excluding hydrogens is 691 g/mol. The first kappa shape index (κ1) is 40.1. The summed E-state index contributed by atoms with van der Waals surface area (Å²) in [6, 6.07) is 31.2. The van der Waals surface area contributed by atoms with Crippen LogP contribution in [-0.2, 0) is 30.4 Å². The van der Waals surface area contributed by atoms with Gasteiger partial charge in [-0.1, -0.05) is 109 Å². The molecule has 0 aliphatic rings. The first-order valence-corrected chi connectivity index (χ1v) is 17.6. The lowest BCUT2D eigenvalue weighted by Gasteiger charge is -2.13. The molecule has 0 spiro atoms. The van der Waals surface area contributed by atoms with Gasteiger partial charge < -0.3 is 13.7 Å². The molecule has 0 fully saturated rings. The minimum atomic E-state index is -4.41. The summed E-state index contributed by atoms with van der Waals surface area (Å²) in [6.07, 6.45) is 0. The van der Waals surface area contributed by atoms with E-state index in [1.165, 1.54) is 0 Å². The van der Waals surface area contributed by atoms with Crippen molar-refractivity contribution in [3.8, 4) is 0 Å². The van der Waals surface area contributed by atoms with E-state index in [1.54, 1.807) is 130 Å². The molecule has 6 rings (SSSR count). The average molecular weight is 718 g/mol. The van der Waals surface area contributed by atoms with Crippen molar-refractivity contribution in [2.45, 2.75) is 35.5 Å². The van der Waals surface area contributed by atoms with Gasteiger partial charge in [0.15, 0.2) is 0 Å². The van der Waals surface area contributed by atoms with E-state index in [9.17, 15) is 38.9 Å². The SMILES string of the molecule is Cc1ccc2ccccc2c1S(=O)(=O)[O-].Cc1ccc2ccccc2c1S(=O)(=O)[O-].Cc1ccc2ccccc2c1S(=O)(=O)[O-].[Al].[Al]. The minimum Gasteiger partial charge on any atom is -0.744 e. The Bertz CT molecular complexity index is 2130. The van der Waals surface area contributed by atoms with Gasteiger partial charge in [0.25, 0.3) is 0 Å². The molecule has 6 radical (unpaired) electrons. The number of fused-ring (bicyclic) bond motifs is 3. The quantitative estimate of drug-likeness (QED) is 0.172. The van der Waals surface area contributed by atoms with Crippen LogP contribution in [0.4, 0.5) is 0 Å². The molecule has 0 saturated heterocycles. The second kappa shape index (κ2) is 15.9. The van der Waals surface area contributed by atoms with Gasteiger partial charge in [0.2, 0.25) is 0 Å². The monoisotopic (exact) mass is 717 g/mol. The molecule has 0 bridgehead atoms. The van der Waals surface area contributed by atoms with E-state index >= 15 is 0 Å². The van der Waals surface area contributed by atoms with Crippen molar-refractivity contribution in [2.75, 3.05) is 0 Å². The van der Waals surface area contributed by atoms with Crippen molar-refractivity contribution in [3.05, 3.63) is 126 Å². The summed E-state index contributed by atoms with van der Waals surface area (Å²) in [4.78, 5) is -0.332. The van der Waals surface area contributed by atoms with Crippen molar-refractivity contribution < 1.29 is 38.9 Å². The number of hydrogen-bond acceptors (Lipinski definition) is 9. The van der Waals surface area contributed by atoms with Crippen molar-refractivity contribution in [1.29, 1.82) is 0 Å². The predicted molar refractivity (Wildman–Crippen MR) is 181 cm³/mol. The summed E-state index contributed by atoms with van der Waals surface area (Å²) in [5.41, 5.74) is 1.47. The van der Waals surface area contributed by atoms with E-state index in [4.69, 9.17) is 0 Å². The fraction of sp³-hybridized carbons (Fsp3) is 0.0909. The molecule has 240 valence electrons. The predicted octanol–water partition coefficient (Wildman–Crippen LogP) is 5.40. The van der Waals surface area contributed by atoms with Crippen LogP contribution in [0.5, 0.6) is 0 Å². The highest BCUT2D eigenvalue weighted by molar-refractivity contribution is 7.86. The van der Waals surface area contributed by atoms with Crippen molar-refractivity contribution >= 4 is 97.4 Å². The van der Waals surface area contributed by atoms with E-state index in [0.29, 0.717) is 32.8 Å². The zero-order valence-corrected chi connectivity index (χ0v) is 30.2. The summed E-state index contributed by atoms with van der Waals surface area (Å²) >= 11 is 0. The highest BCUT2D eigenvalue weighted by Gasteiger charge is 2.12. The van der Waals surface area contributed by atoms with Gasteiger partial charge >= 0.3 is 0 Å². The van der Waals surface area contributed by atoms with E-state index in [-0.39, 0.29) is 49.4 Å². The van der Waals surface area contributed by atoms with Gasteiger partial charge in [-0.2, -0.15) is 0 Å². The lowest BCUT2D eigenvalue weighted by atomic mass is 10.1. The first-order valence-electron chi connectivity index (χ1n) is 13.3. The van der Waals surface area contributed by atoms with E-state index in [2.05, 4.69) is 0 Å². The maximum absolute atomic E-state index is 11.1. The third-order valence-corrected chi connectivity index (χ3v) is 10.1. The largest absolute Gasteiger partial charge is 0.744 e. The van der Waals surface area contributed by atoms with Gasteiger partial charge in [-0.25, -0.2) is 25.3 Å². The molecule has 6 aromatic rings. The topological polar surface area (TPSA) is 172 Å². The van der Waals surface area contributed by atoms with Crippen molar-refractivity contribution in [1.82, 2.24) is 0 Å². The molecule has 14 heteroatoms. The minimum absolute atomic E-state index is 0. The van der Waals surface area contributed by atoms with Crippen LogP contribution in [0.2, 0.25) is 0 Å². The Hall–Kier alpha value is -3.11. The van der Waals surface area contributed by atoms with Gasteiger partial charge in [0, 0.05) is 34.7 Å². The smallest absolute Gasteiger partial charge is 0.125 e. The molecule has 0 saturated carbocycles. The Morgan fingerprint density at radius 1 is 0.362 bits per heavy atom. The standard InChI is InChI=1S/3C11H10O3S.2Al/c3*1-8-6-7-9-4-2-3-5-10(9)11(8)15(12,13)14;;/h3*2-7H,1H3,(H,12,13,14);;/p-3. The number of benzene rings is 6. The summed E-state index contributed by atoms with van der Waals surface area (Å²) < 4.78 is 100. The molecular formula is C33H27Al2O9S3-3. The Morgan fingerprint density at radius 3 is 0.787 bits per heavy atom. The second-order valence-corrected chi connectivity index (χ2v) is 14.1. The Morgan fingerprint density at radius 2 is 0.574 bits per heavy atom. The second-order valence-electron chi connectivity index (χ2n) is 10.2. The molecule has 0 aromatic heterocycles. The van der Waals surface area contributed by atoms with Crippen molar-refractivity contribution in [3.63, 3.8) is 0 Å². The summed E-state index contributed by atoms with van der Waals surface area (Å²) in [6.45, 7) is 4.87. The molecule has 0 amide bonds. The van der Waals surface area contributed by atoms with Crippen LogP contribution in [0.15, 0.2) is 124 Å². The van der Waals surface area contributed by atoms with Crippen LogP contribution >= 0.6 is 0 Å². The van der Waals surface area contributed by atoms with Gasteiger partial charge in [-0.05, 0) is 69.8 Å². The zero-order valence-electron chi connectivity index (χ0n) is 25.4. The average Bonchev–Trinajstić information content (AvgIpc) is 2.95. The third-order valence-electron chi connectivity index (χ3n) is 6.98. The van der Waals surface area contributed by atoms with Gasteiger partial charge in [-0.3, -0.25) is 0 Å². The van der Waals surface area contributed by atoms with E-state index < -0.39 is 30.4 Å². The maximum atomic E-state index is 11.1. The zero-order chi connectivity index (χ0) is 33.2. The summed E-state index contributed by atoms with van der Waals surface area (Å²) in [7, 11) is -13.2. The number of rotatable bonds is 3. The maximum Gasteiger partial charge on any atom is 0.125 e. The molecule has 0 aliphatic heterocycles. The van der Waals surface area contributed by atoms with Crippen molar-refractivity contribution in [2.24, 2.45) is 0 Å². The van der Waals surface area contributed by atoms with Crippen LogP contribution in [0, 0.1) is 20.8 Å². The first-order chi connectivity index (χ1) is 21.0. The van der Waals surface area contributed by atoms with Crippen LogP contribution in [0.1, 0.15) is 16.7 Å². The molecule has 0 N–H and O–H groups in total. The molecule has 0 heterocycles. The molecule has 0 unspecified atom stereocenters. The summed E-state index contributed by atoms with van der Waals surface area (Å²) in [5.74, 6) is 0. The Kier molecular flexibility index (Phi) is 13.5. The van der Waals surface area contributed by atoms with E-state index in [0.717, 1.165) is 16.2 Å². The molecule has 6 aromatic carbocycles. The third kappa shape index (κ3) is 9.50. The normalized spacial score (nSPS) is 11.4. The highest BCUT2D eigenvalue weighted by atomic mass is 32.2. The molecule has 9 nitrogen and oxygen atoms in total. The Balaban J connectivity index is 0.000000240. The van der Waals surface area contributed by atoms with Crippen LogP contribution in [0.25, 0.3) is 32.3 Å². The molecule has 47 heavy (non-hydrogen) atoms. The lowest BCUT2D eigenvalue weighted by molar-refractivity contribution is 0.461. The van der Waals surface area contributed by atoms with Gasteiger partial charge in [0.1, 0.15) is 30.4 Å². The lowest BCUT2D eigenvalue weighted by Crippen LogP contribution is -2.02. The highest BCUT2D eigenvalue weighted by Crippen LogP contribution is 2.28. The molecule has 0 aliphatic carbocycles. The Labute approximate surface area is 295 Å².